The SMILES string of the molecule is CC1(C)/C(=C/C(=O)O)C2CCC1C2. The van der Waals surface area contributed by atoms with Crippen molar-refractivity contribution in [1.82, 2.24) is 0 Å². The van der Waals surface area contributed by atoms with Crippen LogP contribution in [0.5, 0.6) is 0 Å². The van der Waals surface area contributed by atoms with Crippen molar-refractivity contribution in [3.05, 3.63) is 11.6 Å². The molecule has 0 aliphatic heterocycles. The maximum absolute atomic E-state index is 10.6. The molecule has 2 saturated carbocycles. The summed E-state index contributed by atoms with van der Waals surface area (Å²) in [6.07, 6.45) is 5.15. The number of aliphatic carboxylic acids is 1. The van der Waals surface area contributed by atoms with Crippen molar-refractivity contribution in [1.29, 1.82) is 0 Å². The van der Waals surface area contributed by atoms with Crippen LogP contribution in [0.4, 0.5) is 0 Å². The van der Waals surface area contributed by atoms with Gasteiger partial charge in [0.1, 0.15) is 0 Å². The first-order valence-electron chi connectivity index (χ1n) is 4.97. The summed E-state index contributed by atoms with van der Waals surface area (Å²) >= 11 is 0. The van der Waals surface area contributed by atoms with Gasteiger partial charge in [-0.2, -0.15) is 0 Å². The molecule has 1 N–H and O–H groups in total. The Labute approximate surface area is 78.6 Å². The first kappa shape index (κ1) is 8.79. The number of allylic oxidation sites excluding steroid dienone is 1. The Morgan fingerprint density at radius 2 is 2.23 bits per heavy atom. The molecule has 2 aliphatic rings. The van der Waals surface area contributed by atoms with Crippen molar-refractivity contribution in [2.24, 2.45) is 17.3 Å². The molecule has 2 fully saturated rings. The minimum Gasteiger partial charge on any atom is -0.478 e. The van der Waals surface area contributed by atoms with Gasteiger partial charge in [0.2, 0.25) is 0 Å². The van der Waals surface area contributed by atoms with Gasteiger partial charge < -0.3 is 5.11 Å². The maximum atomic E-state index is 10.6. The molecule has 0 spiro atoms. The van der Waals surface area contributed by atoms with Gasteiger partial charge in [0, 0.05) is 6.08 Å². The number of carbonyl (C=O) groups is 1. The smallest absolute Gasteiger partial charge is 0.328 e. The highest BCUT2D eigenvalue weighted by Crippen LogP contribution is 2.58. The van der Waals surface area contributed by atoms with Crippen molar-refractivity contribution in [3.63, 3.8) is 0 Å². The molecule has 0 radical (unpaired) electrons. The quantitative estimate of drug-likeness (QED) is 0.629. The Hall–Kier alpha value is -0.790. The Kier molecular flexibility index (Phi) is 1.76. The average molecular weight is 180 g/mol. The molecule has 0 aromatic heterocycles. The van der Waals surface area contributed by atoms with Crippen molar-refractivity contribution in [2.75, 3.05) is 0 Å². The summed E-state index contributed by atoms with van der Waals surface area (Å²) in [7, 11) is 0. The Bertz CT molecular complexity index is 276. The molecular formula is C11H16O2. The van der Waals surface area contributed by atoms with Gasteiger partial charge in [0.05, 0.1) is 0 Å². The van der Waals surface area contributed by atoms with Crippen LogP contribution >= 0.6 is 0 Å². The largest absolute Gasteiger partial charge is 0.478 e. The van der Waals surface area contributed by atoms with Gasteiger partial charge in [-0.25, -0.2) is 4.79 Å². The third-order valence-electron chi connectivity index (χ3n) is 3.92. The molecular weight excluding hydrogens is 164 g/mol. The molecule has 2 atom stereocenters. The molecule has 2 rings (SSSR count). The summed E-state index contributed by atoms with van der Waals surface area (Å²) in [5.41, 5.74) is 1.32. The summed E-state index contributed by atoms with van der Waals surface area (Å²) < 4.78 is 0. The van der Waals surface area contributed by atoms with Gasteiger partial charge in [-0.15, -0.1) is 0 Å². The van der Waals surface area contributed by atoms with Crippen LogP contribution in [0.1, 0.15) is 33.1 Å². The van der Waals surface area contributed by atoms with Crippen molar-refractivity contribution in [2.45, 2.75) is 33.1 Å². The number of fused-ring (bicyclic) bond motifs is 2. The zero-order chi connectivity index (χ0) is 9.64. The summed E-state index contributed by atoms with van der Waals surface area (Å²) in [5, 5.41) is 8.76. The fourth-order valence-electron chi connectivity index (χ4n) is 3.12. The molecule has 2 unspecified atom stereocenters. The van der Waals surface area contributed by atoms with Gasteiger partial charge in [-0.1, -0.05) is 19.4 Å². The van der Waals surface area contributed by atoms with E-state index in [0.717, 1.165) is 5.92 Å². The number of hydrogen-bond donors (Lipinski definition) is 1. The highest BCUT2D eigenvalue weighted by atomic mass is 16.4. The lowest BCUT2D eigenvalue weighted by molar-refractivity contribution is -0.131. The lowest BCUT2D eigenvalue weighted by Gasteiger charge is -2.32. The second-order valence-electron chi connectivity index (χ2n) is 4.87. The van der Waals surface area contributed by atoms with Crippen LogP contribution in [0.15, 0.2) is 11.6 Å². The zero-order valence-electron chi connectivity index (χ0n) is 8.21. The first-order chi connectivity index (χ1) is 6.01. The van der Waals surface area contributed by atoms with E-state index in [1.165, 1.54) is 30.9 Å². The van der Waals surface area contributed by atoms with Crippen LogP contribution in [0.25, 0.3) is 0 Å². The molecule has 0 saturated heterocycles. The van der Waals surface area contributed by atoms with Crippen LogP contribution in [0.2, 0.25) is 0 Å². The fraction of sp³-hybridized carbons (Fsp3) is 0.727. The number of carboxylic acids is 1. The second kappa shape index (κ2) is 2.60. The van der Waals surface area contributed by atoms with E-state index in [-0.39, 0.29) is 5.41 Å². The topological polar surface area (TPSA) is 37.3 Å². The fourth-order valence-corrected chi connectivity index (χ4v) is 3.12. The number of rotatable bonds is 1. The third-order valence-corrected chi connectivity index (χ3v) is 3.92. The van der Waals surface area contributed by atoms with Crippen LogP contribution in [0.3, 0.4) is 0 Å². The van der Waals surface area contributed by atoms with E-state index in [0.29, 0.717) is 5.92 Å². The van der Waals surface area contributed by atoms with Crippen molar-refractivity contribution in [3.8, 4) is 0 Å². The lowest BCUT2D eigenvalue weighted by atomic mass is 9.73. The normalized spacial score (nSPS) is 38.5. The van der Waals surface area contributed by atoms with Crippen LogP contribution in [0, 0.1) is 17.3 Å². The van der Waals surface area contributed by atoms with E-state index in [9.17, 15) is 4.79 Å². The molecule has 13 heavy (non-hydrogen) atoms. The molecule has 2 heteroatoms. The monoisotopic (exact) mass is 180 g/mol. The van der Waals surface area contributed by atoms with E-state index in [4.69, 9.17) is 5.11 Å². The minimum atomic E-state index is -0.782. The average Bonchev–Trinajstić information content (AvgIpc) is 2.53. The standard InChI is InChI=1S/C11H16O2/c1-11(2)8-4-3-7(5-8)9(11)6-10(12)13/h6-8H,3-5H2,1-2H3,(H,12,13)/b9-6+. The molecule has 0 heterocycles. The molecule has 0 aromatic carbocycles. The molecule has 0 aromatic rings. The first-order valence-corrected chi connectivity index (χ1v) is 4.97. The van der Waals surface area contributed by atoms with Crippen molar-refractivity contribution >= 4 is 5.97 Å². The summed E-state index contributed by atoms with van der Waals surface area (Å²) in [6.45, 7) is 4.37. The van der Waals surface area contributed by atoms with Gasteiger partial charge in [-0.05, 0) is 36.5 Å². The van der Waals surface area contributed by atoms with Gasteiger partial charge >= 0.3 is 5.97 Å². The highest BCUT2D eigenvalue weighted by Gasteiger charge is 2.48. The number of carboxylic acid groups (broad SMARTS) is 1. The van der Waals surface area contributed by atoms with E-state index in [2.05, 4.69) is 13.8 Å². The molecule has 72 valence electrons. The van der Waals surface area contributed by atoms with E-state index < -0.39 is 5.97 Å². The maximum Gasteiger partial charge on any atom is 0.328 e. The van der Waals surface area contributed by atoms with Crippen LogP contribution in [-0.2, 0) is 4.79 Å². The molecule has 0 amide bonds. The van der Waals surface area contributed by atoms with E-state index in [1.807, 2.05) is 0 Å². The molecule has 2 nitrogen and oxygen atoms in total. The Morgan fingerprint density at radius 1 is 1.54 bits per heavy atom. The van der Waals surface area contributed by atoms with Crippen molar-refractivity contribution < 1.29 is 9.90 Å². The highest BCUT2D eigenvalue weighted by molar-refractivity contribution is 5.81. The predicted octanol–water partition coefficient (Wildman–Crippen LogP) is 2.45. The summed E-state index contributed by atoms with van der Waals surface area (Å²) in [5.74, 6) is 0.509. The zero-order valence-corrected chi connectivity index (χ0v) is 8.21. The van der Waals surface area contributed by atoms with Gasteiger partial charge in [-0.3, -0.25) is 0 Å². The minimum absolute atomic E-state index is 0.140. The third kappa shape index (κ3) is 1.19. The van der Waals surface area contributed by atoms with Crippen LogP contribution < -0.4 is 0 Å². The van der Waals surface area contributed by atoms with Gasteiger partial charge in [0.25, 0.3) is 0 Å². The number of hydrogen-bond acceptors (Lipinski definition) is 1. The van der Waals surface area contributed by atoms with E-state index in [1.54, 1.807) is 0 Å². The Morgan fingerprint density at radius 3 is 2.69 bits per heavy atom. The molecule has 2 aliphatic carbocycles. The Balaban J connectivity index is 2.34. The summed E-state index contributed by atoms with van der Waals surface area (Å²) in [4.78, 5) is 10.6. The lowest BCUT2D eigenvalue weighted by Crippen LogP contribution is -2.23. The van der Waals surface area contributed by atoms with Gasteiger partial charge in [0.15, 0.2) is 0 Å². The summed E-state index contributed by atoms with van der Waals surface area (Å²) in [6, 6.07) is 0. The molecule has 2 bridgehead atoms. The predicted molar refractivity (Wildman–Crippen MR) is 50.3 cm³/mol. The van der Waals surface area contributed by atoms with Crippen LogP contribution in [-0.4, -0.2) is 11.1 Å². The second-order valence-corrected chi connectivity index (χ2v) is 4.87. The van der Waals surface area contributed by atoms with E-state index >= 15 is 0 Å².